The SMILES string of the molecule is CCCC1CN(CC2(CCO)CC2)C1. The molecule has 0 atom stereocenters. The van der Waals surface area contributed by atoms with E-state index in [9.17, 15) is 0 Å². The molecule has 1 aliphatic heterocycles. The molecule has 1 aliphatic carbocycles. The Kier molecular flexibility index (Phi) is 3.13. The average Bonchev–Trinajstić information content (AvgIpc) is 2.83. The number of aliphatic hydroxyl groups is 1. The molecule has 1 saturated heterocycles. The van der Waals surface area contributed by atoms with Crippen LogP contribution in [0.2, 0.25) is 0 Å². The first-order chi connectivity index (χ1) is 6.78. The van der Waals surface area contributed by atoms with Crippen molar-refractivity contribution < 1.29 is 5.11 Å². The van der Waals surface area contributed by atoms with Gasteiger partial charge in [-0.25, -0.2) is 0 Å². The molecule has 2 heteroatoms. The molecular weight excluding hydrogens is 174 g/mol. The van der Waals surface area contributed by atoms with Crippen molar-refractivity contribution in [3.63, 3.8) is 0 Å². The van der Waals surface area contributed by atoms with Crippen molar-refractivity contribution in [2.45, 2.75) is 39.0 Å². The molecule has 82 valence electrons. The van der Waals surface area contributed by atoms with Crippen molar-refractivity contribution in [2.75, 3.05) is 26.2 Å². The minimum Gasteiger partial charge on any atom is -0.396 e. The molecule has 0 bridgehead atoms. The highest BCUT2D eigenvalue weighted by Crippen LogP contribution is 2.49. The molecule has 2 rings (SSSR count). The van der Waals surface area contributed by atoms with E-state index < -0.39 is 0 Å². The zero-order chi connectivity index (χ0) is 10.0. The zero-order valence-corrected chi connectivity index (χ0v) is 9.34. The molecule has 0 aromatic rings. The molecule has 0 amide bonds. The third-order valence-electron chi connectivity index (χ3n) is 3.89. The highest BCUT2D eigenvalue weighted by Gasteiger charge is 2.44. The van der Waals surface area contributed by atoms with E-state index in [4.69, 9.17) is 5.11 Å². The maximum atomic E-state index is 8.96. The summed E-state index contributed by atoms with van der Waals surface area (Å²) in [6, 6.07) is 0. The third-order valence-corrected chi connectivity index (χ3v) is 3.89. The number of nitrogens with zero attached hydrogens (tertiary/aromatic N) is 1. The van der Waals surface area contributed by atoms with E-state index in [1.54, 1.807) is 0 Å². The highest BCUT2D eigenvalue weighted by atomic mass is 16.3. The van der Waals surface area contributed by atoms with Crippen molar-refractivity contribution in [1.82, 2.24) is 4.90 Å². The summed E-state index contributed by atoms with van der Waals surface area (Å²) in [6.07, 6.45) is 6.47. The smallest absolute Gasteiger partial charge is 0.0436 e. The third kappa shape index (κ3) is 2.29. The van der Waals surface area contributed by atoms with E-state index in [0.29, 0.717) is 12.0 Å². The van der Waals surface area contributed by atoms with Crippen LogP contribution in [-0.2, 0) is 0 Å². The van der Waals surface area contributed by atoms with Crippen LogP contribution in [0.4, 0.5) is 0 Å². The average molecular weight is 197 g/mol. The van der Waals surface area contributed by atoms with Gasteiger partial charge < -0.3 is 10.0 Å². The van der Waals surface area contributed by atoms with Crippen molar-refractivity contribution in [3.8, 4) is 0 Å². The standard InChI is InChI=1S/C12H23NO/c1-2-3-11-8-13(9-11)10-12(4-5-12)6-7-14/h11,14H,2-10H2,1H3. The van der Waals surface area contributed by atoms with E-state index in [2.05, 4.69) is 11.8 Å². The molecule has 14 heavy (non-hydrogen) atoms. The van der Waals surface area contributed by atoms with Crippen molar-refractivity contribution in [1.29, 1.82) is 0 Å². The second kappa shape index (κ2) is 4.19. The first kappa shape index (κ1) is 10.4. The summed E-state index contributed by atoms with van der Waals surface area (Å²) < 4.78 is 0. The number of likely N-dealkylation sites (tertiary alicyclic amines) is 1. The fourth-order valence-corrected chi connectivity index (χ4v) is 2.77. The number of hydrogen-bond donors (Lipinski definition) is 1. The van der Waals surface area contributed by atoms with Crippen LogP contribution < -0.4 is 0 Å². The van der Waals surface area contributed by atoms with Crippen molar-refractivity contribution >= 4 is 0 Å². The van der Waals surface area contributed by atoms with E-state index in [1.807, 2.05) is 0 Å². The first-order valence-electron chi connectivity index (χ1n) is 6.11. The summed E-state index contributed by atoms with van der Waals surface area (Å²) in [5, 5.41) is 8.96. The predicted octanol–water partition coefficient (Wildman–Crippen LogP) is 1.88. The Balaban J connectivity index is 1.64. The quantitative estimate of drug-likeness (QED) is 0.703. The van der Waals surface area contributed by atoms with Gasteiger partial charge in [-0.3, -0.25) is 0 Å². The van der Waals surface area contributed by atoms with Crippen molar-refractivity contribution in [3.05, 3.63) is 0 Å². The van der Waals surface area contributed by atoms with E-state index in [1.165, 1.54) is 45.3 Å². The van der Waals surface area contributed by atoms with Gasteiger partial charge in [0.1, 0.15) is 0 Å². The second-order valence-corrected chi connectivity index (χ2v) is 5.32. The maximum absolute atomic E-state index is 8.96. The molecule has 0 aromatic carbocycles. The molecule has 0 spiro atoms. The van der Waals surface area contributed by atoms with Gasteiger partial charge in [0, 0.05) is 26.2 Å². The Morgan fingerprint density at radius 1 is 1.36 bits per heavy atom. The lowest BCUT2D eigenvalue weighted by Gasteiger charge is -2.41. The van der Waals surface area contributed by atoms with Crippen molar-refractivity contribution in [2.24, 2.45) is 11.3 Å². The van der Waals surface area contributed by atoms with Gasteiger partial charge in [-0.15, -0.1) is 0 Å². The van der Waals surface area contributed by atoms with Gasteiger partial charge in [0.25, 0.3) is 0 Å². The lowest BCUT2D eigenvalue weighted by atomic mass is 9.92. The van der Waals surface area contributed by atoms with E-state index in [0.717, 1.165) is 12.3 Å². The molecule has 0 unspecified atom stereocenters. The van der Waals surface area contributed by atoms with Crippen LogP contribution in [0.1, 0.15) is 39.0 Å². The van der Waals surface area contributed by atoms with Gasteiger partial charge in [0.15, 0.2) is 0 Å². The predicted molar refractivity (Wildman–Crippen MR) is 58.2 cm³/mol. The molecule has 1 saturated carbocycles. The van der Waals surface area contributed by atoms with E-state index >= 15 is 0 Å². The molecule has 0 radical (unpaired) electrons. The minimum atomic E-state index is 0.381. The molecule has 1 N–H and O–H groups in total. The van der Waals surface area contributed by atoms with Gasteiger partial charge in [-0.2, -0.15) is 0 Å². The number of rotatable bonds is 6. The normalized spacial score (nSPS) is 26.1. The van der Waals surface area contributed by atoms with Gasteiger partial charge >= 0.3 is 0 Å². The summed E-state index contributed by atoms with van der Waals surface area (Å²) in [4.78, 5) is 2.59. The van der Waals surface area contributed by atoms with Gasteiger partial charge in [-0.1, -0.05) is 13.3 Å². The fourth-order valence-electron chi connectivity index (χ4n) is 2.77. The summed E-state index contributed by atoms with van der Waals surface area (Å²) in [7, 11) is 0. The van der Waals surface area contributed by atoms with Gasteiger partial charge in [-0.05, 0) is 37.0 Å². The van der Waals surface area contributed by atoms with Gasteiger partial charge in [0.05, 0.1) is 0 Å². The molecule has 2 fully saturated rings. The zero-order valence-electron chi connectivity index (χ0n) is 9.34. The van der Waals surface area contributed by atoms with Gasteiger partial charge in [0.2, 0.25) is 0 Å². The molecular formula is C12H23NO. The Bertz CT molecular complexity index is 183. The number of aliphatic hydroxyl groups excluding tert-OH is 1. The fraction of sp³-hybridized carbons (Fsp3) is 1.00. The topological polar surface area (TPSA) is 23.5 Å². The van der Waals surface area contributed by atoms with Crippen LogP contribution in [-0.4, -0.2) is 36.2 Å². The lowest BCUT2D eigenvalue weighted by Crippen LogP contribution is -2.49. The number of hydrogen-bond acceptors (Lipinski definition) is 2. The molecule has 2 nitrogen and oxygen atoms in total. The maximum Gasteiger partial charge on any atom is 0.0436 e. The highest BCUT2D eigenvalue weighted by molar-refractivity contribution is 4.97. The Morgan fingerprint density at radius 3 is 2.57 bits per heavy atom. The monoisotopic (exact) mass is 197 g/mol. The summed E-state index contributed by atoms with van der Waals surface area (Å²) in [5.41, 5.74) is 0.534. The Hall–Kier alpha value is -0.0800. The first-order valence-corrected chi connectivity index (χ1v) is 6.11. The largest absolute Gasteiger partial charge is 0.396 e. The Morgan fingerprint density at radius 2 is 2.07 bits per heavy atom. The van der Waals surface area contributed by atoms with E-state index in [-0.39, 0.29) is 0 Å². The summed E-state index contributed by atoms with van der Waals surface area (Å²) in [5.74, 6) is 0.977. The molecule has 2 aliphatic rings. The Labute approximate surface area is 87.3 Å². The molecule has 0 aromatic heterocycles. The van der Waals surface area contributed by atoms with Crippen LogP contribution in [0.3, 0.4) is 0 Å². The van der Waals surface area contributed by atoms with Crippen LogP contribution in [0.25, 0.3) is 0 Å². The van der Waals surface area contributed by atoms with Crippen LogP contribution in [0.15, 0.2) is 0 Å². The van der Waals surface area contributed by atoms with Crippen LogP contribution in [0, 0.1) is 11.3 Å². The lowest BCUT2D eigenvalue weighted by molar-refractivity contribution is 0.0638. The van der Waals surface area contributed by atoms with Crippen LogP contribution in [0.5, 0.6) is 0 Å². The summed E-state index contributed by atoms with van der Waals surface area (Å²) in [6.45, 7) is 6.55. The second-order valence-electron chi connectivity index (χ2n) is 5.32. The van der Waals surface area contributed by atoms with Crippen LogP contribution >= 0.6 is 0 Å². The minimum absolute atomic E-state index is 0.381. The summed E-state index contributed by atoms with van der Waals surface area (Å²) >= 11 is 0. The molecule has 1 heterocycles.